The van der Waals surface area contributed by atoms with Crippen LogP contribution in [0.15, 0.2) is 0 Å². The fourth-order valence-corrected chi connectivity index (χ4v) is 2.35. The van der Waals surface area contributed by atoms with Crippen LogP contribution < -0.4 is 0 Å². The average Bonchev–Trinajstić information content (AvgIpc) is 2.31. The van der Waals surface area contributed by atoms with E-state index in [4.69, 9.17) is 10.00 Å². The molecule has 92 valence electrons. The smallest absolute Gasteiger partial charge is 0.255 e. The fourth-order valence-electron chi connectivity index (χ4n) is 2.35. The van der Waals surface area contributed by atoms with Gasteiger partial charge >= 0.3 is 0 Å². The first-order valence-electron chi connectivity index (χ1n) is 5.74. The summed E-state index contributed by atoms with van der Waals surface area (Å²) in [5.74, 6) is -0.472. The van der Waals surface area contributed by atoms with Crippen LogP contribution in [0.3, 0.4) is 0 Å². The normalized spacial score (nSPS) is 23.8. The summed E-state index contributed by atoms with van der Waals surface area (Å²) in [6.07, 6.45) is 1.50. The Morgan fingerprint density at radius 3 is 2.35 bits per heavy atom. The zero-order valence-electron chi connectivity index (χ0n) is 9.59. The van der Waals surface area contributed by atoms with Gasteiger partial charge in [0.2, 0.25) is 0 Å². The van der Waals surface area contributed by atoms with E-state index < -0.39 is 0 Å². The van der Waals surface area contributed by atoms with E-state index in [9.17, 15) is 9.59 Å². The average molecular weight is 237 g/mol. The maximum absolute atomic E-state index is 11.6. The van der Waals surface area contributed by atoms with Gasteiger partial charge in [-0.3, -0.25) is 19.4 Å². The molecule has 0 N–H and O–H groups in total. The molecule has 2 heterocycles. The molecule has 0 spiro atoms. The van der Waals surface area contributed by atoms with Crippen LogP contribution in [0.1, 0.15) is 12.8 Å². The molecule has 2 aliphatic rings. The highest BCUT2D eigenvalue weighted by Crippen LogP contribution is 2.18. The third kappa shape index (κ3) is 2.62. The van der Waals surface area contributed by atoms with Crippen molar-refractivity contribution in [3.05, 3.63) is 0 Å². The minimum atomic E-state index is -0.236. The highest BCUT2D eigenvalue weighted by Gasteiger charge is 2.34. The third-order valence-corrected chi connectivity index (χ3v) is 3.21. The predicted molar refractivity (Wildman–Crippen MR) is 57.7 cm³/mol. The van der Waals surface area contributed by atoms with Crippen molar-refractivity contribution < 1.29 is 14.3 Å². The fraction of sp³-hybridized carbons (Fsp3) is 0.727. The first-order valence-corrected chi connectivity index (χ1v) is 5.74. The molecule has 6 nitrogen and oxygen atoms in total. The number of hydrogen-bond acceptors (Lipinski definition) is 5. The molecule has 2 fully saturated rings. The summed E-state index contributed by atoms with van der Waals surface area (Å²) >= 11 is 0. The summed E-state index contributed by atoms with van der Waals surface area (Å²) in [5.41, 5.74) is 0. The summed E-state index contributed by atoms with van der Waals surface area (Å²) in [7, 11) is 0. The Labute approximate surface area is 99.7 Å². The molecule has 0 aromatic carbocycles. The number of imide groups is 1. The molecule has 2 saturated heterocycles. The van der Waals surface area contributed by atoms with E-state index in [0.717, 1.165) is 25.9 Å². The number of ether oxygens (including phenoxy) is 1. The summed E-state index contributed by atoms with van der Waals surface area (Å²) in [6.45, 7) is 1.94. The highest BCUT2D eigenvalue weighted by molar-refractivity contribution is 5.98. The van der Waals surface area contributed by atoms with Crippen LogP contribution in [0.25, 0.3) is 0 Å². The highest BCUT2D eigenvalue weighted by atomic mass is 16.5. The summed E-state index contributed by atoms with van der Waals surface area (Å²) in [4.78, 5) is 26.6. The standard InChI is InChI=1S/C11H15N3O3/c12-3-6-13-4-1-9(2-5-13)14-10(15)7-17-8-11(14)16/h9H,1-2,4-8H2. The Kier molecular flexibility index (Phi) is 3.71. The van der Waals surface area contributed by atoms with E-state index >= 15 is 0 Å². The Hall–Kier alpha value is -1.45. The second kappa shape index (κ2) is 5.25. The van der Waals surface area contributed by atoms with Crippen molar-refractivity contribution in [1.29, 1.82) is 5.26 Å². The molecule has 2 amide bonds. The van der Waals surface area contributed by atoms with Gasteiger partial charge in [0.15, 0.2) is 0 Å². The molecule has 0 radical (unpaired) electrons. The molecule has 0 aromatic heterocycles. The van der Waals surface area contributed by atoms with Gasteiger partial charge in [-0.1, -0.05) is 0 Å². The lowest BCUT2D eigenvalue weighted by atomic mass is 10.0. The molecular weight excluding hydrogens is 222 g/mol. The number of carbonyl (C=O) groups excluding carboxylic acids is 2. The van der Waals surface area contributed by atoms with Crippen LogP contribution in [-0.4, -0.2) is 60.5 Å². The van der Waals surface area contributed by atoms with Gasteiger partial charge in [-0.05, 0) is 12.8 Å². The zero-order valence-corrected chi connectivity index (χ0v) is 9.59. The van der Waals surface area contributed by atoms with Gasteiger partial charge in [-0.2, -0.15) is 5.26 Å². The van der Waals surface area contributed by atoms with Crippen molar-refractivity contribution in [3.8, 4) is 6.07 Å². The lowest BCUT2D eigenvalue weighted by Gasteiger charge is -2.38. The number of piperidine rings is 1. The number of likely N-dealkylation sites (tertiary alicyclic amines) is 1. The summed E-state index contributed by atoms with van der Waals surface area (Å²) in [5, 5.41) is 8.59. The van der Waals surface area contributed by atoms with Crippen molar-refractivity contribution in [3.63, 3.8) is 0 Å². The van der Waals surface area contributed by atoms with E-state index in [1.54, 1.807) is 0 Å². The van der Waals surface area contributed by atoms with E-state index in [1.807, 2.05) is 4.90 Å². The molecule has 0 aromatic rings. The van der Waals surface area contributed by atoms with Crippen LogP contribution in [0.5, 0.6) is 0 Å². The first-order chi connectivity index (χ1) is 8.22. The van der Waals surface area contributed by atoms with Gasteiger partial charge in [0, 0.05) is 19.1 Å². The Balaban J connectivity index is 1.93. The molecule has 2 rings (SSSR count). The number of amides is 2. The minimum Gasteiger partial charge on any atom is -0.362 e. The van der Waals surface area contributed by atoms with Gasteiger partial charge in [-0.15, -0.1) is 0 Å². The van der Waals surface area contributed by atoms with Crippen molar-refractivity contribution in [2.75, 3.05) is 32.8 Å². The number of rotatable bonds is 2. The van der Waals surface area contributed by atoms with Gasteiger partial charge in [-0.25, -0.2) is 0 Å². The number of nitrogens with zero attached hydrogens (tertiary/aromatic N) is 3. The number of hydrogen-bond donors (Lipinski definition) is 0. The predicted octanol–water partition coefficient (Wildman–Crippen LogP) is -0.640. The topological polar surface area (TPSA) is 73.6 Å². The molecule has 0 unspecified atom stereocenters. The van der Waals surface area contributed by atoms with Crippen molar-refractivity contribution in [2.45, 2.75) is 18.9 Å². The van der Waals surface area contributed by atoms with E-state index in [0.29, 0.717) is 6.54 Å². The second-order valence-electron chi connectivity index (χ2n) is 4.32. The van der Waals surface area contributed by atoms with Gasteiger partial charge in [0.25, 0.3) is 11.8 Å². The van der Waals surface area contributed by atoms with Crippen LogP contribution in [-0.2, 0) is 14.3 Å². The molecule has 0 aliphatic carbocycles. The molecule has 0 saturated carbocycles. The number of morpholine rings is 1. The quantitative estimate of drug-likeness (QED) is 0.472. The Bertz CT molecular complexity index is 339. The molecule has 6 heteroatoms. The zero-order chi connectivity index (χ0) is 12.3. The lowest BCUT2D eigenvalue weighted by Crippen LogP contribution is -2.54. The molecular formula is C11H15N3O3. The largest absolute Gasteiger partial charge is 0.362 e. The van der Waals surface area contributed by atoms with Crippen molar-refractivity contribution in [1.82, 2.24) is 9.80 Å². The second-order valence-corrected chi connectivity index (χ2v) is 4.32. The molecule has 0 bridgehead atoms. The Morgan fingerprint density at radius 2 is 1.82 bits per heavy atom. The van der Waals surface area contributed by atoms with Crippen LogP contribution in [0.2, 0.25) is 0 Å². The van der Waals surface area contributed by atoms with Crippen LogP contribution in [0.4, 0.5) is 0 Å². The SMILES string of the molecule is N#CCN1CCC(N2C(=O)COCC2=O)CC1. The molecule has 0 atom stereocenters. The minimum absolute atomic E-state index is 0.00412. The number of carbonyl (C=O) groups is 2. The maximum Gasteiger partial charge on any atom is 0.255 e. The first kappa shape index (κ1) is 12.0. The van der Waals surface area contributed by atoms with Crippen LogP contribution in [0, 0.1) is 11.3 Å². The summed E-state index contributed by atoms with van der Waals surface area (Å²) < 4.78 is 4.88. The number of nitriles is 1. The molecule has 2 aliphatic heterocycles. The van der Waals surface area contributed by atoms with Gasteiger partial charge in [0.05, 0.1) is 12.6 Å². The van der Waals surface area contributed by atoms with Gasteiger partial charge < -0.3 is 4.74 Å². The van der Waals surface area contributed by atoms with Crippen molar-refractivity contribution >= 4 is 11.8 Å². The maximum atomic E-state index is 11.6. The lowest BCUT2D eigenvalue weighted by molar-refractivity contribution is -0.162. The van der Waals surface area contributed by atoms with E-state index in [1.165, 1.54) is 4.90 Å². The Morgan fingerprint density at radius 1 is 1.24 bits per heavy atom. The van der Waals surface area contributed by atoms with E-state index in [-0.39, 0.29) is 31.1 Å². The third-order valence-electron chi connectivity index (χ3n) is 3.21. The monoisotopic (exact) mass is 237 g/mol. The van der Waals surface area contributed by atoms with Crippen LogP contribution >= 0.6 is 0 Å². The summed E-state index contributed by atoms with van der Waals surface area (Å²) in [6, 6.07) is 2.09. The van der Waals surface area contributed by atoms with Gasteiger partial charge in [0.1, 0.15) is 13.2 Å². The van der Waals surface area contributed by atoms with E-state index in [2.05, 4.69) is 6.07 Å². The van der Waals surface area contributed by atoms with Crippen molar-refractivity contribution in [2.24, 2.45) is 0 Å². The molecule has 17 heavy (non-hydrogen) atoms.